The molecule has 3 heteroatoms. The molecule has 2 rings (SSSR count). The van der Waals surface area contributed by atoms with E-state index in [9.17, 15) is 0 Å². The Morgan fingerprint density at radius 3 is 2.88 bits per heavy atom. The van der Waals surface area contributed by atoms with Crippen molar-refractivity contribution < 1.29 is 4.74 Å². The van der Waals surface area contributed by atoms with Gasteiger partial charge in [-0.25, -0.2) is 4.98 Å². The zero-order valence-electron chi connectivity index (χ0n) is 9.60. The van der Waals surface area contributed by atoms with Crippen LogP contribution in [0.5, 0.6) is 5.88 Å². The van der Waals surface area contributed by atoms with Gasteiger partial charge in [0.1, 0.15) is 6.10 Å². The average molecular weight is 216 g/mol. The Bertz CT molecular complexity index is 470. The predicted octanol–water partition coefficient (Wildman–Crippen LogP) is 2.22. The third-order valence-corrected chi connectivity index (χ3v) is 2.39. The van der Waals surface area contributed by atoms with Crippen LogP contribution < -0.4 is 10.1 Å². The van der Waals surface area contributed by atoms with Crippen molar-refractivity contribution in [2.24, 2.45) is 0 Å². The molecule has 0 bridgehead atoms. The Morgan fingerprint density at radius 2 is 2.06 bits per heavy atom. The van der Waals surface area contributed by atoms with Crippen LogP contribution in [0.15, 0.2) is 36.4 Å². The number of rotatable bonds is 4. The second kappa shape index (κ2) is 4.94. The molecule has 0 radical (unpaired) electrons. The fraction of sp³-hybridized carbons (Fsp3) is 0.308. The van der Waals surface area contributed by atoms with E-state index in [0.717, 1.165) is 17.4 Å². The molecule has 0 aliphatic carbocycles. The molecule has 2 aromatic rings. The molecule has 0 saturated heterocycles. The number of benzene rings is 1. The second-order valence-corrected chi connectivity index (χ2v) is 3.83. The number of likely N-dealkylation sites (N-methyl/N-ethyl adjacent to an activating group) is 1. The zero-order chi connectivity index (χ0) is 11.4. The molecule has 0 spiro atoms. The Hall–Kier alpha value is -1.61. The molecule has 1 aromatic carbocycles. The molecule has 0 aliphatic heterocycles. The fourth-order valence-electron chi connectivity index (χ4n) is 1.65. The van der Waals surface area contributed by atoms with Gasteiger partial charge >= 0.3 is 0 Å². The molecule has 0 fully saturated rings. The highest BCUT2D eigenvalue weighted by atomic mass is 16.5. The van der Waals surface area contributed by atoms with E-state index in [2.05, 4.69) is 10.3 Å². The topological polar surface area (TPSA) is 34.1 Å². The smallest absolute Gasteiger partial charge is 0.214 e. The molecule has 1 atom stereocenters. The first-order valence-electron chi connectivity index (χ1n) is 5.46. The van der Waals surface area contributed by atoms with E-state index >= 15 is 0 Å². The van der Waals surface area contributed by atoms with Gasteiger partial charge in [0.15, 0.2) is 0 Å². The van der Waals surface area contributed by atoms with Crippen molar-refractivity contribution in [1.29, 1.82) is 0 Å². The minimum absolute atomic E-state index is 0.124. The van der Waals surface area contributed by atoms with Crippen LogP contribution >= 0.6 is 0 Å². The van der Waals surface area contributed by atoms with Crippen molar-refractivity contribution in [2.75, 3.05) is 13.6 Å². The van der Waals surface area contributed by atoms with Crippen molar-refractivity contribution in [2.45, 2.75) is 13.0 Å². The average Bonchev–Trinajstić information content (AvgIpc) is 2.29. The highest BCUT2D eigenvalue weighted by Crippen LogP contribution is 2.16. The summed E-state index contributed by atoms with van der Waals surface area (Å²) < 4.78 is 5.69. The van der Waals surface area contributed by atoms with Crippen molar-refractivity contribution in [1.82, 2.24) is 10.3 Å². The normalized spacial score (nSPS) is 12.6. The molecular formula is C13H16N2O. The number of nitrogens with zero attached hydrogens (tertiary/aromatic N) is 1. The third kappa shape index (κ3) is 2.49. The number of fused-ring (bicyclic) bond motifs is 1. The van der Waals surface area contributed by atoms with Crippen LogP contribution in [-0.2, 0) is 0 Å². The van der Waals surface area contributed by atoms with E-state index in [4.69, 9.17) is 4.74 Å². The van der Waals surface area contributed by atoms with E-state index < -0.39 is 0 Å². The fourth-order valence-corrected chi connectivity index (χ4v) is 1.65. The van der Waals surface area contributed by atoms with Crippen LogP contribution in [0, 0.1) is 0 Å². The summed E-state index contributed by atoms with van der Waals surface area (Å²) in [7, 11) is 1.91. The first-order chi connectivity index (χ1) is 7.79. The molecule has 0 amide bonds. The second-order valence-electron chi connectivity index (χ2n) is 3.83. The quantitative estimate of drug-likeness (QED) is 0.851. The van der Waals surface area contributed by atoms with Crippen molar-refractivity contribution in [3.8, 4) is 5.88 Å². The van der Waals surface area contributed by atoms with E-state index in [-0.39, 0.29) is 6.10 Å². The van der Waals surface area contributed by atoms with Gasteiger partial charge in [-0.3, -0.25) is 0 Å². The van der Waals surface area contributed by atoms with Crippen LogP contribution in [-0.4, -0.2) is 24.7 Å². The summed E-state index contributed by atoms with van der Waals surface area (Å²) in [6.07, 6.45) is 0.124. The summed E-state index contributed by atoms with van der Waals surface area (Å²) in [5.41, 5.74) is 0.969. The number of para-hydroxylation sites is 1. The minimum atomic E-state index is 0.124. The van der Waals surface area contributed by atoms with Gasteiger partial charge in [-0.05, 0) is 26.1 Å². The number of hydrogen-bond acceptors (Lipinski definition) is 3. The lowest BCUT2D eigenvalue weighted by atomic mass is 10.2. The van der Waals surface area contributed by atoms with Gasteiger partial charge in [-0.15, -0.1) is 0 Å². The lowest BCUT2D eigenvalue weighted by Gasteiger charge is -2.13. The van der Waals surface area contributed by atoms with Crippen LogP contribution in [0.2, 0.25) is 0 Å². The number of hydrogen-bond donors (Lipinski definition) is 1. The number of aromatic nitrogens is 1. The lowest BCUT2D eigenvalue weighted by Crippen LogP contribution is -2.26. The maximum Gasteiger partial charge on any atom is 0.214 e. The van der Waals surface area contributed by atoms with E-state index in [1.165, 1.54) is 0 Å². The van der Waals surface area contributed by atoms with Gasteiger partial charge in [-0.1, -0.05) is 18.2 Å². The molecule has 16 heavy (non-hydrogen) atoms. The standard InChI is InChI=1S/C13H16N2O/c1-10(9-14-2)16-13-8-7-11-5-3-4-6-12(11)15-13/h3-8,10,14H,9H2,1-2H3. The van der Waals surface area contributed by atoms with Crippen LogP contribution in [0.3, 0.4) is 0 Å². The van der Waals surface area contributed by atoms with E-state index in [1.807, 2.05) is 50.4 Å². The predicted molar refractivity (Wildman–Crippen MR) is 65.8 cm³/mol. The summed E-state index contributed by atoms with van der Waals surface area (Å²) in [5.74, 6) is 0.682. The number of pyridine rings is 1. The number of nitrogens with one attached hydrogen (secondary N) is 1. The molecule has 1 unspecified atom stereocenters. The third-order valence-electron chi connectivity index (χ3n) is 2.39. The maximum atomic E-state index is 5.69. The van der Waals surface area contributed by atoms with Gasteiger partial charge < -0.3 is 10.1 Å². The van der Waals surface area contributed by atoms with Gasteiger partial charge in [0.05, 0.1) is 5.52 Å². The van der Waals surface area contributed by atoms with Gasteiger partial charge in [0.2, 0.25) is 5.88 Å². The Balaban J connectivity index is 2.19. The van der Waals surface area contributed by atoms with Gasteiger partial charge in [0, 0.05) is 18.0 Å². The van der Waals surface area contributed by atoms with E-state index in [0.29, 0.717) is 5.88 Å². The Morgan fingerprint density at radius 1 is 1.25 bits per heavy atom. The monoisotopic (exact) mass is 216 g/mol. The molecular weight excluding hydrogens is 200 g/mol. The van der Waals surface area contributed by atoms with Crippen LogP contribution in [0.25, 0.3) is 10.9 Å². The molecule has 84 valence electrons. The summed E-state index contributed by atoms with van der Waals surface area (Å²) in [6, 6.07) is 12.0. The molecule has 0 saturated carbocycles. The highest BCUT2D eigenvalue weighted by Gasteiger charge is 2.04. The SMILES string of the molecule is CNCC(C)Oc1ccc2ccccc2n1. The first kappa shape index (κ1) is 10.9. The molecule has 1 heterocycles. The lowest BCUT2D eigenvalue weighted by molar-refractivity contribution is 0.212. The summed E-state index contributed by atoms with van der Waals surface area (Å²) >= 11 is 0. The van der Waals surface area contributed by atoms with Gasteiger partial charge in [0.25, 0.3) is 0 Å². The Kier molecular flexibility index (Phi) is 3.37. The molecule has 1 aromatic heterocycles. The summed E-state index contributed by atoms with van der Waals surface area (Å²) in [5, 5.41) is 4.21. The minimum Gasteiger partial charge on any atom is -0.473 e. The van der Waals surface area contributed by atoms with Crippen molar-refractivity contribution in [3.63, 3.8) is 0 Å². The maximum absolute atomic E-state index is 5.69. The van der Waals surface area contributed by atoms with Crippen molar-refractivity contribution in [3.05, 3.63) is 36.4 Å². The van der Waals surface area contributed by atoms with E-state index in [1.54, 1.807) is 0 Å². The summed E-state index contributed by atoms with van der Waals surface area (Å²) in [6.45, 7) is 2.84. The van der Waals surface area contributed by atoms with Crippen molar-refractivity contribution >= 4 is 10.9 Å². The van der Waals surface area contributed by atoms with Crippen LogP contribution in [0.4, 0.5) is 0 Å². The Labute approximate surface area is 95.5 Å². The molecule has 0 aliphatic rings. The highest BCUT2D eigenvalue weighted by molar-refractivity contribution is 5.78. The number of ether oxygens (including phenoxy) is 1. The first-order valence-corrected chi connectivity index (χ1v) is 5.46. The molecule has 3 nitrogen and oxygen atoms in total. The largest absolute Gasteiger partial charge is 0.473 e. The summed E-state index contributed by atoms with van der Waals surface area (Å²) in [4.78, 5) is 4.45. The zero-order valence-corrected chi connectivity index (χ0v) is 9.60. The van der Waals surface area contributed by atoms with Gasteiger partial charge in [-0.2, -0.15) is 0 Å². The van der Waals surface area contributed by atoms with Crippen LogP contribution in [0.1, 0.15) is 6.92 Å². The molecule has 1 N–H and O–H groups in total.